The Hall–Kier alpha value is -2.94. The molecule has 1 saturated carbocycles. The van der Waals surface area contributed by atoms with Crippen LogP contribution in [-0.2, 0) is 6.54 Å². The molecule has 1 fully saturated rings. The molecule has 174 valence electrons. The van der Waals surface area contributed by atoms with Crippen molar-refractivity contribution in [3.8, 4) is 5.75 Å². The second kappa shape index (κ2) is 9.68. The molecule has 32 heavy (non-hydrogen) atoms. The SMILES string of the molecule is CCN(C)C1(Cn2cc(/C(N)=C/NCC3=C(F)C=C(F)CC3)c(=O)c(O)c2C=O)CCC1. The van der Waals surface area contributed by atoms with Crippen LogP contribution in [-0.4, -0.2) is 46.5 Å². The van der Waals surface area contributed by atoms with Gasteiger partial charge in [0, 0.05) is 43.5 Å². The van der Waals surface area contributed by atoms with Crippen LogP contribution < -0.4 is 16.5 Å². The minimum absolute atomic E-state index is 0.0401. The van der Waals surface area contributed by atoms with Gasteiger partial charge in [-0.1, -0.05) is 6.92 Å². The predicted octanol–water partition coefficient (Wildman–Crippen LogP) is 2.96. The molecule has 1 heterocycles. The van der Waals surface area contributed by atoms with E-state index in [4.69, 9.17) is 5.73 Å². The fraction of sp³-hybridized carbons (Fsp3) is 0.478. The van der Waals surface area contributed by atoms with Crippen molar-refractivity contribution in [3.05, 3.63) is 57.2 Å². The average Bonchev–Trinajstić information content (AvgIpc) is 2.74. The van der Waals surface area contributed by atoms with E-state index in [2.05, 4.69) is 17.1 Å². The molecule has 0 radical (unpaired) electrons. The molecule has 0 spiro atoms. The van der Waals surface area contributed by atoms with E-state index in [1.54, 1.807) is 4.57 Å². The fourth-order valence-corrected chi connectivity index (χ4v) is 4.26. The van der Waals surface area contributed by atoms with Crippen LogP contribution in [0.15, 0.2) is 40.5 Å². The lowest BCUT2D eigenvalue weighted by Gasteiger charge is -2.49. The van der Waals surface area contributed by atoms with Gasteiger partial charge in [-0.2, -0.15) is 0 Å². The minimum atomic E-state index is -0.751. The first kappa shape index (κ1) is 23.7. The Morgan fingerprint density at radius 2 is 2.09 bits per heavy atom. The molecule has 0 atom stereocenters. The third-order valence-electron chi connectivity index (χ3n) is 6.61. The summed E-state index contributed by atoms with van der Waals surface area (Å²) in [5.74, 6) is -1.76. The summed E-state index contributed by atoms with van der Waals surface area (Å²) in [6.07, 6.45) is 7.54. The molecule has 0 amide bonds. The molecular formula is C23H30F2N4O3. The van der Waals surface area contributed by atoms with Crippen LogP contribution in [0.5, 0.6) is 5.75 Å². The lowest BCUT2D eigenvalue weighted by molar-refractivity contribution is 0.0250. The second-order valence-corrected chi connectivity index (χ2v) is 8.47. The molecule has 9 heteroatoms. The number of rotatable bonds is 9. The van der Waals surface area contributed by atoms with Gasteiger partial charge in [-0.3, -0.25) is 14.5 Å². The zero-order chi connectivity index (χ0) is 23.5. The van der Waals surface area contributed by atoms with Crippen LogP contribution in [0.25, 0.3) is 5.70 Å². The number of aldehydes is 1. The van der Waals surface area contributed by atoms with Gasteiger partial charge >= 0.3 is 0 Å². The minimum Gasteiger partial charge on any atom is -0.503 e. The maximum atomic E-state index is 13.8. The number of hydrogen-bond donors (Lipinski definition) is 3. The summed E-state index contributed by atoms with van der Waals surface area (Å²) in [5, 5.41) is 13.2. The lowest BCUT2D eigenvalue weighted by Crippen LogP contribution is -2.54. The molecule has 0 unspecified atom stereocenters. The number of nitrogens with zero attached hydrogens (tertiary/aromatic N) is 2. The van der Waals surface area contributed by atoms with Gasteiger partial charge in [-0.25, -0.2) is 8.78 Å². The third-order valence-corrected chi connectivity index (χ3v) is 6.61. The van der Waals surface area contributed by atoms with Crippen molar-refractivity contribution >= 4 is 12.0 Å². The number of allylic oxidation sites excluding steroid dienone is 3. The van der Waals surface area contributed by atoms with Gasteiger partial charge < -0.3 is 20.7 Å². The molecule has 0 aromatic carbocycles. The number of nitrogens with two attached hydrogens (primary N) is 1. The maximum Gasteiger partial charge on any atom is 0.233 e. The van der Waals surface area contributed by atoms with Crippen molar-refractivity contribution < 1.29 is 18.7 Å². The first-order valence-electron chi connectivity index (χ1n) is 10.8. The van der Waals surface area contributed by atoms with Crippen LogP contribution in [0.2, 0.25) is 0 Å². The van der Waals surface area contributed by atoms with Crippen LogP contribution >= 0.6 is 0 Å². The predicted molar refractivity (Wildman–Crippen MR) is 119 cm³/mol. The first-order chi connectivity index (χ1) is 15.2. The van der Waals surface area contributed by atoms with E-state index in [1.165, 1.54) is 12.4 Å². The van der Waals surface area contributed by atoms with Crippen molar-refractivity contribution in [3.63, 3.8) is 0 Å². The summed E-state index contributed by atoms with van der Waals surface area (Å²) in [6, 6.07) is 0. The highest BCUT2D eigenvalue weighted by molar-refractivity contribution is 5.78. The molecular weight excluding hydrogens is 418 g/mol. The molecule has 2 aliphatic rings. The normalized spacial score (nSPS) is 18.4. The zero-order valence-electron chi connectivity index (χ0n) is 18.5. The summed E-state index contributed by atoms with van der Waals surface area (Å²) in [5.41, 5.74) is 5.58. The summed E-state index contributed by atoms with van der Waals surface area (Å²) in [4.78, 5) is 26.5. The van der Waals surface area contributed by atoms with Gasteiger partial charge in [-0.05, 0) is 44.8 Å². The Balaban J connectivity index is 1.88. The number of likely N-dealkylation sites (N-methyl/N-ethyl adjacent to an activating group) is 1. The standard InChI is InChI=1S/C23H30F2N4O3/c1-3-28(2)23(7-4-8-23)14-29-12-17(21(31)22(32)20(29)13-30)19(26)11-27-10-15-5-6-16(24)9-18(15)25/h9,11-13,27,32H,3-8,10,14,26H2,1-2H3/b19-11-. The van der Waals surface area contributed by atoms with Crippen molar-refractivity contribution in [2.75, 3.05) is 20.1 Å². The van der Waals surface area contributed by atoms with Gasteiger partial charge in [-0.15, -0.1) is 0 Å². The van der Waals surface area contributed by atoms with E-state index in [0.29, 0.717) is 18.4 Å². The quantitative estimate of drug-likeness (QED) is 0.502. The van der Waals surface area contributed by atoms with Crippen molar-refractivity contribution in [1.82, 2.24) is 14.8 Å². The van der Waals surface area contributed by atoms with E-state index in [-0.39, 0.29) is 41.9 Å². The molecule has 0 saturated heterocycles. The van der Waals surface area contributed by atoms with Gasteiger partial charge in [0.15, 0.2) is 12.0 Å². The summed E-state index contributed by atoms with van der Waals surface area (Å²) < 4.78 is 28.6. The molecule has 3 rings (SSSR count). The number of pyridine rings is 1. The van der Waals surface area contributed by atoms with E-state index in [1.807, 2.05) is 7.05 Å². The van der Waals surface area contributed by atoms with Crippen molar-refractivity contribution in [2.45, 2.75) is 51.1 Å². The highest BCUT2D eigenvalue weighted by atomic mass is 19.1. The smallest absolute Gasteiger partial charge is 0.233 e. The largest absolute Gasteiger partial charge is 0.503 e. The Kier molecular flexibility index (Phi) is 7.18. The van der Waals surface area contributed by atoms with Crippen molar-refractivity contribution in [1.29, 1.82) is 0 Å². The highest BCUT2D eigenvalue weighted by Gasteiger charge is 2.40. The molecule has 0 aliphatic heterocycles. The average molecular weight is 449 g/mol. The number of nitrogens with one attached hydrogen (secondary N) is 1. The van der Waals surface area contributed by atoms with E-state index < -0.39 is 22.8 Å². The van der Waals surface area contributed by atoms with E-state index in [0.717, 1.165) is 31.9 Å². The first-order valence-corrected chi connectivity index (χ1v) is 10.8. The molecule has 4 N–H and O–H groups in total. The number of carbonyl (C=O) groups is 1. The Morgan fingerprint density at radius 1 is 1.38 bits per heavy atom. The topological polar surface area (TPSA) is 101 Å². The van der Waals surface area contributed by atoms with Crippen molar-refractivity contribution in [2.24, 2.45) is 5.73 Å². The molecule has 1 aromatic rings. The zero-order valence-corrected chi connectivity index (χ0v) is 18.5. The van der Waals surface area contributed by atoms with Crippen LogP contribution in [0.1, 0.15) is 55.1 Å². The number of halogens is 2. The highest BCUT2D eigenvalue weighted by Crippen LogP contribution is 2.39. The maximum absolute atomic E-state index is 13.8. The third kappa shape index (κ3) is 4.62. The Labute approximate surface area is 185 Å². The second-order valence-electron chi connectivity index (χ2n) is 8.47. The van der Waals surface area contributed by atoms with Crippen LogP contribution in [0, 0.1) is 0 Å². The van der Waals surface area contributed by atoms with Gasteiger partial charge in [0.05, 0.1) is 11.3 Å². The molecule has 1 aromatic heterocycles. The summed E-state index contributed by atoms with van der Waals surface area (Å²) >= 11 is 0. The number of hydrogen-bond acceptors (Lipinski definition) is 6. The molecule has 0 bridgehead atoms. The van der Waals surface area contributed by atoms with Gasteiger partial charge in [0.1, 0.15) is 17.3 Å². The van der Waals surface area contributed by atoms with E-state index >= 15 is 0 Å². The van der Waals surface area contributed by atoms with Crippen LogP contribution in [0.3, 0.4) is 0 Å². The summed E-state index contributed by atoms with van der Waals surface area (Å²) in [6.45, 7) is 3.42. The van der Waals surface area contributed by atoms with Gasteiger partial charge in [0.25, 0.3) is 0 Å². The molecule has 7 nitrogen and oxygen atoms in total. The fourth-order valence-electron chi connectivity index (χ4n) is 4.26. The number of aromatic nitrogens is 1. The Morgan fingerprint density at radius 3 is 2.66 bits per heavy atom. The number of carbonyl (C=O) groups excluding carboxylic acids is 1. The lowest BCUT2D eigenvalue weighted by atomic mass is 9.75. The number of aromatic hydroxyl groups is 1. The molecule has 2 aliphatic carbocycles. The Bertz CT molecular complexity index is 1040. The monoisotopic (exact) mass is 448 g/mol. The van der Waals surface area contributed by atoms with Gasteiger partial charge in [0.2, 0.25) is 5.43 Å². The van der Waals surface area contributed by atoms with Crippen LogP contribution in [0.4, 0.5) is 8.78 Å². The summed E-state index contributed by atoms with van der Waals surface area (Å²) in [7, 11) is 2.02. The van der Waals surface area contributed by atoms with E-state index in [9.17, 15) is 23.5 Å².